The number of alkyl halides is 3. The number of benzene rings is 2. The molecule has 0 aliphatic carbocycles. The molecule has 2 aliphatic heterocycles. The Morgan fingerprint density at radius 1 is 1.19 bits per heavy atom. The van der Waals surface area contributed by atoms with Gasteiger partial charge < -0.3 is 20.3 Å². The van der Waals surface area contributed by atoms with Crippen LogP contribution in [-0.4, -0.2) is 50.7 Å². The SMILES string of the molecule is CN(C)CCNC(=NC[C@H]1CC[C@@H]2C(O1)c1cc(C(F)(F)F)ccc1N[C@H]2c1ccccc1)NC#N. The Morgan fingerprint density at radius 2 is 1.97 bits per heavy atom. The van der Waals surface area contributed by atoms with Crippen molar-refractivity contribution in [3.63, 3.8) is 0 Å². The van der Waals surface area contributed by atoms with Gasteiger partial charge in [0.1, 0.15) is 0 Å². The molecule has 192 valence electrons. The number of fused-ring (bicyclic) bond motifs is 3. The zero-order chi connectivity index (χ0) is 25.7. The van der Waals surface area contributed by atoms with E-state index in [4.69, 9.17) is 10.00 Å². The number of halogens is 3. The number of rotatable bonds is 6. The molecule has 7 nitrogen and oxygen atoms in total. The van der Waals surface area contributed by atoms with Crippen molar-refractivity contribution < 1.29 is 17.9 Å². The summed E-state index contributed by atoms with van der Waals surface area (Å²) in [6.45, 7) is 1.66. The van der Waals surface area contributed by atoms with Gasteiger partial charge in [-0.25, -0.2) is 4.99 Å². The summed E-state index contributed by atoms with van der Waals surface area (Å²) in [5.41, 5.74) is 1.56. The predicted molar refractivity (Wildman–Crippen MR) is 132 cm³/mol. The van der Waals surface area contributed by atoms with Gasteiger partial charge >= 0.3 is 6.18 Å². The van der Waals surface area contributed by atoms with Crippen molar-refractivity contribution in [2.45, 2.75) is 37.3 Å². The van der Waals surface area contributed by atoms with Crippen LogP contribution in [0.4, 0.5) is 18.9 Å². The number of hydrogen-bond acceptors (Lipinski definition) is 5. The maximum absolute atomic E-state index is 13.5. The lowest BCUT2D eigenvalue weighted by molar-refractivity contribution is -0.138. The highest BCUT2D eigenvalue weighted by Crippen LogP contribution is 2.51. The average molecular weight is 501 g/mol. The van der Waals surface area contributed by atoms with Crippen LogP contribution < -0.4 is 16.0 Å². The van der Waals surface area contributed by atoms with Gasteiger partial charge in [0, 0.05) is 30.3 Å². The third-order valence-corrected chi connectivity index (χ3v) is 6.61. The number of nitriles is 1. The topological polar surface area (TPSA) is 84.7 Å². The molecule has 10 heteroatoms. The van der Waals surface area contributed by atoms with E-state index in [9.17, 15) is 13.2 Å². The molecule has 0 amide bonds. The maximum atomic E-state index is 13.5. The van der Waals surface area contributed by atoms with Crippen LogP contribution >= 0.6 is 0 Å². The Balaban J connectivity index is 1.57. The Morgan fingerprint density at radius 3 is 2.67 bits per heavy atom. The molecule has 1 fully saturated rings. The molecule has 2 aromatic carbocycles. The van der Waals surface area contributed by atoms with Gasteiger partial charge in [-0.3, -0.25) is 5.32 Å². The number of hydrogen-bond donors (Lipinski definition) is 3. The second kappa shape index (κ2) is 11.2. The van der Waals surface area contributed by atoms with E-state index in [1.807, 2.05) is 55.5 Å². The highest BCUT2D eigenvalue weighted by Gasteiger charge is 2.43. The third-order valence-electron chi connectivity index (χ3n) is 6.61. The summed E-state index contributed by atoms with van der Waals surface area (Å²) in [7, 11) is 3.90. The lowest BCUT2D eigenvalue weighted by Crippen LogP contribution is -2.41. The molecule has 1 unspecified atom stereocenters. The van der Waals surface area contributed by atoms with Crippen LogP contribution in [0, 0.1) is 17.4 Å². The lowest BCUT2D eigenvalue weighted by atomic mass is 9.76. The van der Waals surface area contributed by atoms with Gasteiger partial charge in [-0.1, -0.05) is 30.3 Å². The van der Waals surface area contributed by atoms with E-state index in [0.29, 0.717) is 36.7 Å². The van der Waals surface area contributed by atoms with E-state index >= 15 is 0 Å². The first-order chi connectivity index (χ1) is 17.3. The van der Waals surface area contributed by atoms with Crippen molar-refractivity contribution >= 4 is 11.6 Å². The molecule has 0 spiro atoms. The van der Waals surface area contributed by atoms with Crippen LogP contribution in [0.3, 0.4) is 0 Å². The van der Waals surface area contributed by atoms with E-state index in [1.165, 1.54) is 12.1 Å². The first-order valence-electron chi connectivity index (χ1n) is 12.0. The maximum Gasteiger partial charge on any atom is 0.416 e. The van der Waals surface area contributed by atoms with E-state index in [1.54, 1.807) is 0 Å². The van der Waals surface area contributed by atoms with Gasteiger partial charge in [0.2, 0.25) is 5.96 Å². The normalized spacial score (nSPS) is 23.8. The molecule has 4 rings (SSSR count). The molecular weight excluding hydrogens is 469 g/mol. The van der Waals surface area contributed by atoms with Gasteiger partial charge in [0.25, 0.3) is 0 Å². The standard InChI is InChI=1S/C26H31F3N6O/c1-35(2)13-12-31-25(33-16-30)32-15-19-9-10-20-23(17-6-4-3-5-7-17)34-22-11-8-18(26(27,28)29)14-21(22)24(20)36-19/h3-8,11,14,19-20,23-24,34H,9-10,12-13,15H2,1-2H3,(H2,31,32,33)/t19-,20+,23+,24?/m1/s1. The number of anilines is 1. The van der Waals surface area contributed by atoms with E-state index in [2.05, 4.69) is 20.9 Å². The monoisotopic (exact) mass is 500 g/mol. The highest BCUT2D eigenvalue weighted by molar-refractivity contribution is 5.81. The Hall–Kier alpha value is -3.29. The smallest absolute Gasteiger partial charge is 0.378 e. The Labute approximate surface area is 209 Å². The highest BCUT2D eigenvalue weighted by atomic mass is 19.4. The molecule has 0 aromatic heterocycles. The number of aliphatic imine (C=N–C) groups is 1. The van der Waals surface area contributed by atoms with Crippen molar-refractivity contribution in [1.82, 2.24) is 15.5 Å². The first kappa shape index (κ1) is 25.8. The van der Waals surface area contributed by atoms with Crippen molar-refractivity contribution in [2.24, 2.45) is 10.9 Å². The molecule has 4 atom stereocenters. The fourth-order valence-corrected chi connectivity index (χ4v) is 4.84. The van der Waals surface area contributed by atoms with E-state index in [0.717, 1.165) is 24.6 Å². The molecule has 2 aliphatic rings. The average Bonchev–Trinajstić information content (AvgIpc) is 2.86. The molecule has 2 aromatic rings. The van der Waals surface area contributed by atoms with Crippen LogP contribution in [0.5, 0.6) is 0 Å². The Kier molecular flexibility index (Phi) is 8.01. The van der Waals surface area contributed by atoms with Crippen molar-refractivity contribution in [2.75, 3.05) is 39.0 Å². The fourth-order valence-electron chi connectivity index (χ4n) is 4.84. The molecular formula is C26H31F3N6O. The van der Waals surface area contributed by atoms with E-state index < -0.39 is 17.8 Å². The van der Waals surface area contributed by atoms with Gasteiger partial charge in [0.15, 0.2) is 6.19 Å². The molecule has 0 radical (unpaired) electrons. The third kappa shape index (κ3) is 6.09. The molecule has 36 heavy (non-hydrogen) atoms. The molecule has 1 saturated heterocycles. The van der Waals surface area contributed by atoms with Crippen LogP contribution in [0.2, 0.25) is 0 Å². The summed E-state index contributed by atoms with van der Waals surface area (Å²) >= 11 is 0. The molecule has 2 heterocycles. The molecule has 0 saturated carbocycles. The van der Waals surface area contributed by atoms with Crippen LogP contribution in [0.25, 0.3) is 0 Å². The number of ether oxygens (including phenoxy) is 1. The van der Waals surface area contributed by atoms with Crippen LogP contribution in [-0.2, 0) is 10.9 Å². The van der Waals surface area contributed by atoms with Crippen molar-refractivity contribution in [1.29, 1.82) is 5.26 Å². The Bertz CT molecular complexity index is 1100. The molecule has 0 bridgehead atoms. The number of nitrogens with zero attached hydrogens (tertiary/aromatic N) is 3. The van der Waals surface area contributed by atoms with E-state index in [-0.39, 0.29) is 18.1 Å². The number of likely N-dealkylation sites (N-methyl/N-ethyl adjacent to an activating group) is 1. The van der Waals surface area contributed by atoms with Crippen molar-refractivity contribution in [3.8, 4) is 6.19 Å². The van der Waals surface area contributed by atoms with Gasteiger partial charge in [-0.2, -0.15) is 18.4 Å². The van der Waals surface area contributed by atoms with Gasteiger partial charge in [-0.15, -0.1) is 0 Å². The predicted octanol–water partition coefficient (Wildman–Crippen LogP) is 4.29. The largest absolute Gasteiger partial charge is 0.416 e. The summed E-state index contributed by atoms with van der Waals surface area (Å²) in [4.78, 5) is 6.50. The summed E-state index contributed by atoms with van der Waals surface area (Å²) in [5.74, 6) is 0.329. The summed E-state index contributed by atoms with van der Waals surface area (Å²) in [6.07, 6.45) is -1.86. The summed E-state index contributed by atoms with van der Waals surface area (Å²) in [5, 5.41) is 18.2. The quantitative estimate of drug-likeness (QED) is 0.238. The number of nitrogens with one attached hydrogen (secondary N) is 3. The number of guanidine groups is 1. The molecule has 3 N–H and O–H groups in total. The lowest BCUT2D eigenvalue weighted by Gasteiger charge is -2.45. The minimum atomic E-state index is -4.44. The minimum absolute atomic E-state index is 0.0291. The van der Waals surface area contributed by atoms with Gasteiger partial charge in [-0.05, 0) is 50.7 Å². The zero-order valence-electron chi connectivity index (χ0n) is 20.3. The zero-order valence-corrected chi connectivity index (χ0v) is 20.3. The summed E-state index contributed by atoms with van der Waals surface area (Å²) in [6, 6.07) is 13.7. The second-order valence-corrected chi connectivity index (χ2v) is 9.41. The minimum Gasteiger partial charge on any atom is -0.378 e. The first-order valence-corrected chi connectivity index (χ1v) is 12.0. The van der Waals surface area contributed by atoms with Crippen LogP contribution in [0.1, 0.15) is 41.7 Å². The fraction of sp³-hybridized carbons (Fsp3) is 0.462. The van der Waals surface area contributed by atoms with Crippen LogP contribution in [0.15, 0.2) is 53.5 Å². The van der Waals surface area contributed by atoms with Gasteiger partial charge in [0.05, 0.1) is 30.4 Å². The van der Waals surface area contributed by atoms with Crippen molar-refractivity contribution in [3.05, 3.63) is 65.2 Å². The second-order valence-electron chi connectivity index (χ2n) is 9.41. The summed E-state index contributed by atoms with van der Waals surface area (Å²) < 4.78 is 47.0.